The topological polar surface area (TPSA) is 111 Å². The number of thiophene rings is 1. The van der Waals surface area contributed by atoms with Gasteiger partial charge in [-0.2, -0.15) is 0 Å². The molecule has 0 aliphatic carbocycles. The van der Waals surface area contributed by atoms with Crippen LogP contribution in [0, 0.1) is 6.92 Å². The van der Waals surface area contributed by atoms with Crippen molar-refractivity contribution in [1.29, 1.82) is 0 Å². The van der Waals surface area contributed by atoms with Crippen LogP contribution in [0.15, 0.2) is 20.9 Å². The minimum Gasteiger partial charge on any atom is -0.377 e. The summed E-state index contributed by atoms with van der Waals surface area (Å²) in [6.07, 6.45) is 5.51. The number of sulfonamides is 1. The smallest absolute Gasteiger partial charge is 0.250 e. The number of rotatable bonds is 8. The van der Waals surface area contributed by atoms with Gasteiger partial charge in [0.15, 0.2) is 5.76 Å². The molecule has 2 aromatic rings. The van der Waals surface area contributed by atoms with E-state index in [1.807, 2.05) is 0 Å². The van der Waals surface area contributed by atoms with Crippen LogP contribution in [-0.2, 0) is 19.6 Å². The van der Waals surface area contributed by atoms with Gasteiger partial charge in [0, 0.05) is 24.4 Å². The number of carbonyl (C=O) groups excluding carboxylic acids is 1. The monoisotopic (exact) mass is 425 g/mol. The number of nitrogens with one attached hydrogen (secondary N) is 2. The van der Waals surface area contributed by atoms with Crippen molar-refractivity contribution in [3.8, 4) is 0 Å². The van der Waals surface area contributed by atoms with E-state index in [4.69, 9.17) is 9.26 Å². The Morgan fingerprint density at radius 1 is 1.39 bits per heavy atom. The zero-order valence-electron chi connectivity index (χ0n) is 15.7. The number of amides is 1. The number of ether oxygens (including phenoxy) is 1. The van der Waals surface area contributed by atoms with Gasteiger partial charge in [0.25, 0.3) is 0 Å². The molecule has 1 unspecified atom stereocenters. The molecule has 2 N–H and O–H groups in total. The average Bonchev–Trinajstić information content (AvgIpc) is 3.41. The minimum atomic E-state index is -3.57. The molecule has 0 saturated carbocycles. The fourth-order valence-electron chi connectivity index (χ4n) is 2.69. The lowest BCUT2D eigenvalue weighted by Gasteiger charge is -2.10. The number of anilines is 1. The Bertz CT molecular complexity index is 956. The molecule has 0 aromatic carbocycles. The fourth-order valence-corrected chi connectivity index (χ4v) is 5.03. The molecule has 2 aromatic heterocycles. The van der Waals surface area contributed by atoms with Crippen molar-refractivity contribution in [2.24, 2.45) is 0 Å². The van der Waals surface area contributed by atoms with Gasteiger partial charge >= 0.3 is 0 Å². The summed E-state index contributed by atoms with van der Waals surface area (Å²) in [6, 6.07) is 3.28. The lowest BCUT2D eigenvalue weighted by Crippen LogP contribution is -2.31. The summed E-state index contributed by atoms with van der Waals surface area (Å²) in [5.74, 6) is 0.274. The second kappa shape index (κ2) is 8.99. The lowest BCUT2D eigenvalue weighted by molar-refractivity contribution is -0.115. The maximum absolute atomic E-state index is 12.4. The summed E-state index contributed by atoms with van der Waals surface area (Å²) in [5, 5.41) is 6.62. The van der Waals surface area contributed by atoms with Gasteiger partial charge in [0.2, 0.25) is 15.9 Å². The number of hydrogen-bond donors (Lipinski definition) is 2. The minimum absolute atomic E-state index is 0.0550. The second-order valence-electron chi connectivity index (χ2n) is 6.39. The number of aromatic nitrogens is 1. The molecule has 10 heteroatoms. The van der Waals surface area contributed by atoms with Gasteiger partial charge in [-0.15, -0.1) is 11.3 Å². The third-order valence-corrected chi connectivity index (χ3v) is 7.23. The van der Waals surface area contributed by atoms with Crippen molar-refractivity contribution >= 4 is 45.1 Å². The highest BCUT2D eigenvalue weighted by Gasteiger charge is 2.21. The molecule has 1 amide bonds. The predicted octanol–water partition coefficient (Wildman–Crippen LogP) is 3.02. The molecule has 1 fully saturated rings. The number of aryl methyl sites for hydroxylation is 1. The summed E-state index contributed by atoms with van der Waals surface area (Å²) in [7, 11) is -3.57. The summed E-state index contributed by atoms with van der Waals surface area (Å²) < 4.78 is 38.4. The summed E-state index contributed by atoms with van der Waals surface area (Å²) in [5.41, 5.74) is 1.10. The molecular weight excluding hydrogens is 402 g/mol. The van der Waals surface area contributed by atoms with E-state index in [0.717, 1.165) is 29.1 Å². The van der Waals surface area contributed by atoms with Crippen LogP contribution in [0.3, 0.4) is 0 Å². The van der Waals surface area contributed by atoms with Gasteiger partial charge in [0.05, 0.1) is 6.10 Å². The highest BCUT2D eigenvalue weighted by atomic mass is 32.2. The van der Waals surface area contributed by atoms with Crippen LogP contribution < -0.4 is 10.0 Å². The Balaban J connectivity index is 1.68. The second-order valence-corrected chi connectivity index (χ2v) is 9.50. The third kappa shape index (κ3) is 5.07. The molecule has 0 bridgehead atoms. The number of carbonyl (C=O) groups is 1. The van der Waals surface area contributed by atoms with Crippen molar-refractivity contribution < 1.29 is 22.5 Å². The van der Waals surface area contributed by atoms with E-state index in [1.165, 1.54) is 0 Å². The normalized spacial score (nSPS) is 17.4. The zero-order chi connectivity index (χ0) is 20.1. The molecular formula is C18H23N3O5S2. The van der Waals surface area contributed by atoms with Crippen molar-refractivity contribution in [2.45, 2.75) is 43.4 Å². The Morgan fingerprint density at radius 2 is 2.21 bits per heavy atom. The Kier molecular flexibility index (Phi) is 6.65. The fraction of sp³-hybridized carbons (Fsp3) is 0.444. The van der Waals surface area contributed by atoms with Gasteiger partial charge in [0.1, 0.15) is 15.6 Å². The van der Waals surface area contributed by atoms with Crippen LogP contribution >= 0.6 is 11.3 Å². The molecule has 1 aliphatic rings. The first-order valence-electron chi connectivity index (χ1n) is 9.04. The van der Waals surface area contributed by atoms with Crippen LogP contribution in [0.4, 0.5) is 5.69 Å². The van der Waals surface area contributed by atoms with E-state index >= 15 is 0 Å². The maximum atomic E-state index is 12.4. The van der Waals surface area contributed by atoms with Gasteiger partial charge in [-0.1, -0.05) is 12.1 Å². The van der Waals surface area contributed by atoms with E-state index in [0.29, 0.717) is 30.2 Å². The maximum Gasteiger partial charge on any atom is 0.250 e. The number of hydrogen-bond acceptors (Lipinski definition) is 7. The predicted molar refractivity (Wildman–Crippen MR) is 108 cm³/mol. The molecule has 0 spiro atoms. The molecule has 3 rings (SSSR count). The summed E-state index contributed by atoms with van der Waals surface area (Å²) in [4.78, 5) is 12.4. The lowest BCUT2D eigenvalue weighted by atomic mass is 10.2. The van der Waals surface area contributed by atoms with Crippen LogP contribution in [0.25, 0.3) is 12.2 Å². The average molecular weight is 426 g/mol. The zero-order valence-corrected chi connectivity index (χ0v) is 17.4. The Hall–Kier alpha value is -2.01. The first-order chi connectivity index (χ1) is 13.4. The van der Waals surface area contributed by atoms with Crippen LogP contribution in [-0.4, -0.2) is 38.7 Å². The van der Waals surface area contributed by atoms with Crippen LogP contribution in [0.5, 0.6) is 0 Å². The molecule has 152 valence electrons. The van der Waals surface area contributed by atoms with Gasteiger partial charge in [-0.25, -0.2) is 13.1 Å². The molecule has 1 saturated heterocycles. The first kappa shape index (κ1) is 20.7. The van der Waals surface area contributed by atoms with E-state index in [-0.39, 0.29) is 22.8 Å². The molecule has 3 heterocycles. The van der Waals surface area contributed by atoms with Crippen molar-refractivity contribution in [3.63, 3.8) is 0 Å². The quantitative estimate of drug-likeness (QED) is 0.673. The summed E-state index contributed by atoms with van der Waals surface area (Å²) in [6.45, 7) is 4.46. The van der Waals surface area contributed by atoms with Gasteiger partial charge in [-0.05, 0) is 44.1 Å². The van der Waals surface area contributed by atoms with Crippen LogP contribution in [0.2, 0.25) is 0 Å². The van der Waals surface area contributed by atoms with Crippen molar-refractivity contribution in [1.82, 2.24) is 9.88 Å². The SMILES string of the molecule is CCC(=O)Nc1c(C)noc1C=Cc1ccc(S(=O)(=O)NCC2CCCO2)s1. The molecule has 8 nitrogen and oxygen atoms in total. The van der Waals surface area contributed by atoms with E-state index < -0.39 is 10.0 Å². The van der Waals surface area contributed by atoms with E-state index in [2.05, 4.69) is 15.2 Å². The Morgan fingerprint density at radius 3 is 2.93 bits per heavy atom. The first-order valence-corrected chi connectivity index (χ1v) is 11.3. The standard InChI is InChI=1S/C18H23N3O5S2/c1-3-16(22)20-18-12(2)21-26-15(18)8-6-14-7-9-17(27-14)28(23,24)19-11-13-5-4-10-25-13/h6-9,13,19H,3-5,10-11H2,1-2H3,(H,20,22). The largest absolute Gasteiger partial charge is 0.377 e. The molecule has 1 aliphatic heterocycles. The highest BCUT2D eigenvalue weighted by Crippen LogP contribution is 2.26. The van der Waals surface area contributed by atoms with Crippen LogP contribution in [0.1, 0.15) is 42.5 Å². The van der Waals surface area contributed by atoms with Crippen molar-refractivity contribution in [2.75, 3.05) is 18.5 Å². The highest BCUT2D eigenvalue weighted by molar-refractivity contribution is 7.91. The molecule has 1 atom stereocenters. The number of nitrogens with zero attached hydrogens (tertiary/aromatic N) is 1. The van der Waals surface area contributed by atoms with Gasteiger partial charge < -0.3 is 14.6 Å². The van der Waals surface area contributed by atoms with E-state index in [9.17, 15) is 13.2 Å². The van der Waals surface area contributed by atoms with Crippen molar-refractivity contribution in [3.05, 3.63) is 28.5 Å². The Labute approximate surface area is 168 Å². The van der Waals surface area contributed by atoms with Gasteiger partial charge in [-0.3, -0.25) is 4.79 Å². The summed E-state index contributed by atoms with van der Waals surface area (Å²) >= 11 is 1.15. The molecule has 28 heavy (non-hydrogen) atoms. The van der Waals surface area contributed by atoms with E-state index in [1.54, 1.807) is 38.1 Å². The third-order valence-electron chi connectivity index (χ3n) is 4.27. The molecule has 0 radical (unpaired) electrons.